The first-order chi connectivity index (χ1) is 30.6. The molecule has 0 N–H and O–H groups in total. The van der Waals surface area contributed by atoms with Crippen LogP contribution in [0.25, 0.3) is 0 Å². The Morgan fingerprint density at radius 2 is 0.742 bits per heavy atom. The first-order valence-corrected chi connectivity index (χ1v) is 26.1. The van der Waals surface area contributed by atoms with Gasteiger partial charge in [0.05, 0.1) is 6.61 Å². The van der Waals surface area contributed by atoms with Crippen molar-refractivity contribution in [3.8, 4) is 0 Å². The maximum atomic E-state index is 12.8. The smallest absolute Gasteiger partial charge is 0.306 e. The molecule has 1 unspecified atom stereocenters. The van der Waals surface area contributed by atoms with Gasteiger partial charge in [0.15, 0.2) is 6.10 Å². The van der Waals surface area contributed by atoms with Crippen molar-refractivity contribution in [3.63, 3.8) is 0 Å². The van der Waals surface area contributed by atoms with Gasteiger partial charge >= 0.3 is 11.9 Å². The second kappa shape index (κ2) is 52.4. The third kappa shape index (κ3) is 49.7. The molecule has 5 heteroatoms. The van der Waals surface area contributed by atoms with E-state index in [0.717, 1.165) is 96.3 Å². The van der Waals surface area contributed by atoms with Crippen molar-refractivity contribution in [1.82, 2.24) is 0 Å². The highest BCUT2D eigenvalue weighted by molar-refractivity contribution is 5.70. The summed E-state index contributed by atoms with van der Waals surface area (Å²) in [7, 11) is 0. The van der Waals surface area contributed by atoms with Gasteiger partial charge in [-0.05, 0) is 109 Å². The molecule has 0 spiro atoms. The van der Waals surface area contributed by atoms with E-state index in [0.29, 0.717) is 19.4 Å². The lowest BCUT2D eigenvalue weighted by atomic mass is 10.1. The Hall–Kier alpha value is -2.92. The highest BCUT2D eigenvalue weighted by Gasteiger charge is 2.17. The van der Waals surface area contributed by atoms with Crippen molar-refractivity contribution in [2.24, 2.45) is 0 Å². The SMILES string of the molecule is CC/C=C\C/C=C\C/C=C\C/C=C\CCCCCCCCC(=O)OCC(COCCCCCCCC/C=C\C/C=C\CCCCC)OC(=O)CCCCCCC/C=C\CCCC. The molecule has 0 aliphatic rings. The number of carbonyl (C=O) groups excluding carboxylic acids is 2. The lowest BCUT2D eigenvalue weighted by Crippen LogP contribution is -2.30. The van der Waals surface area contributed by atoms with Crippen molar-refractivity contribution in [2.75, 3.05) is 19.8 Å². The van der Waals surface area contributed by atoms with Crippen molar-refractivity contribution >= 4 is 11.9 Å². The van der Waals surface area contributed by atoms with Crippen LogP contribution in [0.4, 0.5) is 0 Å². The Labute approximate surface area is 384 Å². The van der Waals surface area contributed by atoms with Gasteiger partial charge < -0.3 is 14.2 Å². The van der Waals surface area contributed by atoms with Crippen LogP contribution in [0, 0.1) is 0 Å². The molecule has 0 saturated heterocycles. The monoisotopic (exact) mass is 863 g/mol. The third-order valence-electron chi connectivity index (χ3n) is 10.9. The molecule has 62 heavy (non-hydrogen) atoms. The van der Waals surface area contributed by atoms with Crippen molar-refractivity contribution in [3.05, 3.63) is 85.1 Å². The van der Waals surface area contributed by atoms with Crippen LogP contribution in [0.3, 0.4) is 0 Å². The molecule has 0 bridgehead atoms. The fraction of sp³-hybridized carbons (Fsp3) is 0.719. The fourth-order valence-electron chi connectivity index (χ4n) is 6.98. The Bertz CT molecular complexity index is 1160. The predicted molar refractivity (Wildman–Crippen MR) is 270 cm³/mol. The maximum Gasteiger partial charge on any atom is 0.306 e. The van der Waals surface area contributed by atoms with E-state index < -0.39 is 6.10 Å². The van der Waals surface area contributed by atoms with Crippen LogP contribution in [-0.2, 0) is 23.8 Å². The lowest BCUT2D eigenvalue weighted by molar-refractivity contribution is -0.163. The molecule has 0 radical (unpaired) electrons. The van der Waals surface area contributed by atoms with E-state index in [-0.39, 0.29) is 25.2 Å². The molecule has 0 amide bonds. The minimum atomic E-state index is -0.555. The van der Waals surface area contributed by atoms with Crippen molar-refractivity contribution in [1.29, 1.82) is 0 Å². The van der Waals surface area contributed by atoms with Crippen LogP contribution < -0.4 is 0 Å². The average Bonchev–Trinajstić information content (AvgIpc) is 3.27. The van der Waals surface area contributed by atoms with E-state index in [1.54, 1.807) is 0 Å². The molecule has 1 atom stereocenters. The minimum absolute atomic E-state index is 0.0668. The summed E-state index contributed by atoms with van der Waals surface area (Å²) in [6.07, 6.45) is 68.7. The van der Waals surface area contributed by atoms with E-state index in [4.69, 9.17) is 14.2 Å². The summed E-state index contributed by atoms with van der Waals surface area (Å²) in [6, 6.07) is 0. The molecule has 0 saturated carbocycles. The van der Waals surface area contributed by atoms with Gasteiger partial charge in [-0.3, -0.25) is 9.59 Å². The first kappa shape index (κ1) is 59.1. The molecule has 5 nitrogen and oxygen atoms in total. The molecule has 0 aromatic carbocycles. The molecular formula is C57H98O5. The Morgan fingerprint density at radius 1 is 0.371 bits per heavy atom. The Balaban J connectivity index is 4.28. The van der Waals surface area contributed by atoms with Crippen LogP contribution in [-0.4, -0.2) is 37.9 Å². The third-order valence-corrected chi connectivity index (χ3v) is 10.9. The number of hydrogen-bond donors (Lipinski definition) is 0. The zero-order valence-electron chi connectivity index (χ0n) is 40.9. The zero-order chi connectivity index (χ0) is 44.9. The van der Waals surface area contributed by atoms with Gasteiger partial charge in [-0.25, -0.2) is 0 Å². The molecule has 0 aromatic rings. The van der Waals surface area contributed by atoms with Gasteiger partial charge in [0.25, 0.3) is 0 Å². The minimum Gasteiger partial charge on any atom is -0.462 e. The second-order valence-electron chi connectivity index (χ2n) is 17.0. The van der Waals surface area contributed by atoms with Crippen LogP contribution in [0.2, 0.25) is 0 Å². The summed E-state index contributed by atoms with van der Waals surface area (Å²) in [6.45, 7) is 7.61. The number of hydrogen-bond acceptors (Lipinski definition) is 5. The van der Waals surface area contributed by atoms with Crippen LogP contribution in [0.15, 0.2) is 85.1 Å². The topological polar surface area (TPSA) is 61.8 Å². The zero-order valence-corrected chi connectivity index (χ0v) is 40.9. The normalized spacial score (nSPS) is 12.9. The maximum absolute atomic E-state index is 12.8. The summed E-state index contributed by atoms with van der Waals surface area (Å²) in [5.41, 5.74) is 0. The Morgan fingerprint density at radius 3 is 1.23 bits per heavy atom. The van der Waals surface area contributed by atoms with Crippen LogP contribution in [0.1, 0.15) is 239 Å². The van der Waals surface area contributed by atoms with E-state index in [1.165, 1.54) is 109 Å². The van der Waals surface area contributed by atoms with Gasteiger partial charge in [0.2, 0.25) is 0 Å². The molecule has 0 heterocycles. The van der Waals surface area contributed by atoms with E-state index >= 15 is 0 Å². The predicted octanol–water partition coefficient (Wildman–Crippen LogP) is 17.7. The van der Waals surface area contributed by atoms with Gasteiger partial charge in [-0.15, -0.1) is 0 Å². The molecular weight excluding hydrogens is 765 g/mol. The second-order valence-corrected chi connectivity index (χ2v) is 17.0. The van der Waals surface area contributed by atoms with E-state index in [1.807, 2.05) is 0 Å². The average molecular weight is 863 g/mol. The lowest BCUT2D eigenvalue weighted by Gasteiger charge is -2.18. The quantitative estimate of drug-likeness (QED) is 0.0346. The van der Waals surface area contributed by atoms with E-state index in [2.05, 4.69) is 106 Å². The number of allylic oxidation sites excluding steroid dienone is 14. The van der Waals surface area contributed by atoms with Gasteiger partial charge in [-0.2, -0.15) is 0 Å². The summed E-state index contributed by atoms with van der Waals surface area (Å²) < 4.78 is 17.4. The number of esters is 2. The highest BCUT2D eigenvalue weighted by atomic mass is 16.6. The number of unbranched alkanes of at least 4 members (excludes halogenated alkanes) is 22. The molecule has 356 valence electrons. The van der Waals surface area contributed by atoms with E-state index in [9.17, 15) is 9.59 Å². The summed E-state index contributed by atoms with van der Waals surface area (Å²) in [4.78, 5) is 25.4. The van der Waals surface area contributed by atoms with Crippen molar-refractivity contribution in [2.45, 2.75) is 245 Å². The number of carbonyl (C=O) groups is 2. The molecule has 0 aliphatic heterocycles. The summed E-state index contributed by atoms with van der Waals surface area (Å²) in [5, 5.41) is 0. The standard InChI is InChI=1S/C57H98O5/c1-4-7-10-13-16-19-22-24-26-28-29-30-31-33-36-38-41-44-47-50-56(58)61-54-55(62-57(59)51-48-45-42-39-35-21-18-15-12-9-6-3)53-60-52-49-46-43-40-37-34-32-27-25-23-20-17-14-11-8-5-2/h7,10,15-20,24-27,29-30,55H,4-6,8-9,11-14,21-23,28,31-54H2,1-3H3/b10-7-,18-15-,19-16-,20-17-,26-24-,27-25-,30-29-. The van der Waals surface area contributed by atoms with Gasteiger partial charge in [0.1, 0.15) is 6.61 Å². The number of rotatable bonds is 47. The molecule has 0 fully saturated rings. The largest absolute Gasteiger partial charge is 0.462 e. The summed E-state index contributed by atoms with van der Waals surface area (Å²) in [5.74, 6) is -0.431. The van der Waals surface area contributed by atoms with Gasteiger partial charge in [0, 0.05) is 19.4 Å². The Kier molecular flexibility index (Phi) is 50.0. The molecule has 0 aliphatic carbocycles. The highest BCUT2D eigenvalue weighted by Crippen LogP contribution is 2.13. The summed E-state index contributed by atoms with van der Waals surface area (Å²) >= 11 is 0. The van der Waals surface area contributed by atoms with Crippen LogP contribution >= 0.6 is 0 Å². The van der Waals surface area contributed by atoms with Gasteiger partial charge in [-0.1, -0.05) is 202 Å². The fourth-order valence-corrected chi connectivity index (χ4v) is 6.98. The molecule has 0 aromatic heterocycles. The number of ether oxygens (including phenoxy) is 3. The molecule has 0 rings (SSSR count). The first-order valence-electron chi connectivity index (χ1n) is 26.1. The van der Waals surface area contributed by atoms with Crippen LogP contribution in [0.5, 0.6) is 0 Å². The van der Waals surface area contributed by atoms with Crippen molar-refractivity contribution < 1.29 is 23.8 Å².